The summed E-state index contributed by atoms with van der Waals surface area (Å²) in [5, 5.41) is 0.526. The lowest BCUT2D eigenvalue weighted by Crippen LogP contribution is -2.26. The van der Waals surface area contributed by atoms with Gasteiger partial charge in [0.2, 0.25) is 10.0 Å². The van der Waals surface area contributed by atoms with Gasteiger partial charge >= 0.3 is 0 Å². The van der Waals surface area contributed by atoms with Crippen molar-refractivity contribution in [3.05, 3.63) is 58.1 Å². The molecule has 0 aromatic heterocycles. The molecule has 0 saturated heterocycles. The van der Waals surface area contributed by atoms with Gasteiger partial charge in [-0.2, -0.15) is 0 Å². The highest BCUT2D eigenvalue weighted by Gasteiger charge is 2.14. The topological polar surface area (TPSA) is 55.4 Å². The van der Waals surface area contributed by atoms with Crippen LogP contribution in [0.1, 0.15) is 5.56 Å². The summed E-state index contributed by atoms with van der Waals surface area (Å²) in [5.41, 5.74) is 1.01. The van der Waals surface area contributed by atoms with Gasteiger partial charge in [-0.3, -0.25) is 0 Å². The second kappa shape index (κ2) is 7.33. The van der Waals surface area contributed by atoms with E-state index in [0.29, 0.717) is 11.4 Å². The van der Waals surface area contributed by atoms with Gasteiger partial charge in [0, 0.05) is 6.54 Å². The third-order valence-electron chi connectivity index (χ3n) is 3.07. The van der Waals surface area contributed by atoms with E-state index in [1.165, 1.54) is 18.2 Å². The minimum Gasteiger partial charge on any atom is -0.497 e. The molecule has 0 heterocycles. The minimum absolute atomic E-state index is 0.0941. The molecule has 22 heavy (non-hydrogen) atoms. The quantitative estimate of drug-likeness (QED) is 0.858. The maximum absolute atomic E-state index is 12.2. The Labute approximate surface area is 140 Å². The highest BCUT2D eigenvalue weighted by molar-refractivity contribution is 7.89. The van der Waals surface area contributed by atoms with Gasteiger partial charge in [0.05, 0.1) is 22.1 Å². The molecular formula is C15H15Cl2NO3S. The molecule has 2 aromatic carbocycles. The molecule has 0 aliphatic carbocycles. The van der Waals surface area contributed by atoms with Gasteiger partial charge in [0.15, 0.2) is 0 Å². The van der Waals surface area contributed by atoms with Crippen molar-refractivity contribution in [2.45, 2.75) is 11.3 Å². The molecule has 0 unspecified atom stereocenters. The molecule has 0 atom stereocenters. The SMILES string of the molecule is COc1ccc(CCNS(=O)(=O)c2ccc(Cl)c(Cl)c2)cc1. The van der Waals surface area contributed by atoms with E-state index in [2.05, 4.69) is 4.72 Å². The summed E-state index contributed by atoms with van der Waals surface area (Å²) >= 11 is 11.6. The number of methoxy groups -OCH3 is 1. The fourth-order valence-corrected chi connectivity index (χ4v) is 3.27. The van der Waals surface area contributed by atoms with E-state index in [4.69, 9.17) is 27.9 Å². The van der Waals surface area contributed by atoms with Crippen LogP contribution >= 0.6 is 23.2 Å². The van der Waals surface area contributed by atoms with Gasteiger partial charge in [-0.05, 0) is 42.3 Å². The molecule has 1 N–H and O–H groups in total. The van der Waals surface area contributed by atoms with Crippen LogP contribution in [-0.2, 0) is 16.4 Å². The van der Waals surface area contributed by atoms with Crippen molar-refractivity contribution in [1.29, 1.82) is 0 Å². The number of nitrogens with one attached hydrogen (secondary N) is 1. The lowest BCUT2D eigenvalue weighted by Gasteiger charge is -2.08. The summed E-state index contributed by atoms with van der Waals surface area (Å²) < 4.78 is 31.9. The maximum Gasteiger partial charge on any atom is 0.240 e. The second-order valence-corrected chi connectivity index (χ2v) is 7.15. The fraction of sp³-hybridized carbons (Fsp3) is 0.200. The Morgan fingerprint density at radius 1 is 1.05 bits per heavy atom. The van der Waals surface area contributed by atoms with E-state index in [1.807, 2.05) is 24.3 Å². The summed E-state index contributed by atoms with van der Waals surface area (Å²) in [5.74, 6) is 0.764. The average molecular weight is 360 g/mol. The zero-order valence-corrected chi connectivity index (χ0v) is 14.2. The Kier molecular flexibility index (Phi) is 5.69. The van der Waals surface area contributed by atoms with E-state index in [1.54, 1.807) is 7.11 Å². The number of halogens is 2. The van der Waals surface area contributed by atoms with Gasteiger partial charge in [-0.25, -0.2) is 13.1 Å². The molecule has 4 nitrogen and oxygen atoms in total. The van der Waals surface area contributed by atoms with Crippen LogP contribution in [0, 0.1) is 0 Å². The van der Waals surface area contributed by atoms with Crippen LogP contribution in [0.3, 0.4) is 0 Å². The Hall–Kier alpha value is -1.27. The maximum atomic E-state index is 12.2. The molecule has 7 heteroatoms. The number of hydrogen-bond donors (Lipinski definition) is 1. The molecular weight excluding hydrogens is 345 g/mol. The standard InChI is InChI=1S/C15H15Cl2NO3S/c1-21-12-4-2-11(3-5-12)8-9-18-22(19,20)13-6-7-14(16)15(17)10-13/h2-7,10,18H,8-9H2,1H3. The van der Waals surface area contributed by atoms with E-state index in [9.17, 15) is 8.42 Å². The number of benzene rings is 2. The molecule has 0 spiro atoms. The molecule has 2 rings (SSSR count). The van der Waals surface area contributed by atoms with Crippen molar-refractivity contribution in [2.75, 3.05) is 13.7 Å². The lowest BCUT2D eigenvalue weighted by molar-refractivity contribution is 0.414. The monoisotopic (exact) mass is 359 g/mol. The van der Waals surface area contributed by atoms with Crippen molar-refractivity contribution in [3.63, 3.8) is 0 Å². The highest BCUT2D eigenvalue weighted by atomic mass is 35.5. The van der Waals surface area contributed by atoms with Crippen LogP contribution in [0.5, 0.6) is 5.75 Å². The van der Waals surface area contributed by atoms with Crippen LogP contribution in [0.15, 0.2) is 47.4 Å². The minimum atomic E-state index is -3.60. The molecule has 0 aliphatic rings. The summed E-state index contributed by atoms with van der Waals surface area (Å²) in [7, 11) is -2.00. The Morgan fingerprint density at radius 3 is 2.32 bits per heavy atom. The first-order valence-electron chi connectivity index (χ1n) is 6.50. The first-order valence-corrected chi connectivity index (χ1v) is 8.74. The molecule has 118 valence electrons. The van der Waals surface area contributed by atoms with Crippen LogP contribution in [0.2, 0.25) is 10.0 Å². The molecule has 0 bridgehead atoms. The number of hydrogen-bond acceptors (Lipinski definition) is 3. The smallest absolute Gasteiger partial charge is 0.240 e. The largest absolute Gasteiger partial charge is 0.497 e. The van der Waals surface area contributed by atoms with Crippen molar-refractivity contribution < 1.29 is 13.2 Å². The van der Waals surface area contributed by atoms with Gasteiger partial charge in [0.25, 0.3) is 0 Å². The summed E-state index contributed by atoms with van der Waals surface area (Å²) in [4.78, 5) is 0.0941. The zero-order valence-electron chi connectivity index (χ0n) is 11.8. The van der Waals surface area contributed by atoms with Gasteiger partial charge < -0.3 is 4.74 Å². The van der Waals surface area contributed by atoms with E-state index < -0.39 is 10.0 Å². The van der Waals surface area contributed by atoms with Crippen molar-refractivity contribution in [2.24, 2.45) is 0 Å². The predicted molar refractivity (Wildman–Crippen MR) is 88.3 cm³/mol. The normalized spacial score (nSPS) is 11.4. The molecule has 0 fully saturated rings. The van der Waals surface area contributed by atoms with Crippen LogP contribution < -0.4 is 9.46 Å². The van der Waals surface area contributed by atoms with E-state index in [0.717, 1.165) is 11.3 Å². The highest BCUT2D eigenvalue weighted by Crippen LogP contribution is 2.24. The predicted octanol–water partition coefficient (Wildman–Crippen LogP) is 3.52. The average Bonchev–Trinajstić information content (AvgIpc) is 2.50. The summed E-state index contributed by atoms with van der Waals surface area (Å²) in [6.07, 6.45) is 0.574. The number of ether oxygens (including phenoxy) is 1. The second-order valence-electron chi connectivity index (χ2n) is 4.57. The lowest BCUT2D eigenvalue weighted by atomic mass is 10.1. The van der Waals surface area contributed by atoms with Crippen molar-refractivity contribution in [3.8, 4) is 5.75 Å². The van der Waals surface area contributed by atoms with Crippen LogP contribution in [-0.4, -0.2) is 22.1 Å². The fourth-order valence-electron chi connectivity index (χ4n) is 1.85. The molecule has 0 aliphatic heterocycles. The van der Waals surface area contributed by atoms with Crippen molar-refractivity contribution in [1.82, 2.24) is 4.72 Å². The third-order valence-corrected chi connectivity index (χ3v) is 5.26. The van der Waals surface area contributed by atoms with Crippen LogP contribution in [0.4, 0.5) is 0 Å². The Balaban J connectivity index is 1.98. The van der Waals surface area contributed by atoms with Gasteiger partial charge in [0.1, 0.15) is 5.75 Å². The van der Waals surface area contributed by atoms with E-state index in [-0.39, 0.29) is 16.5 Å². The molecule has 0 amide bonds. The zero-order chi connectivity index (χ0) is 16.2. The first kappa shape index (κ1) is 17.1. The molecule has 0 saturated carbocycles. The third kappa shape index (κ3) is 4.36. The Bertz CT molecular complexity index is 746. The first-order chi connectivity index (χ1) is 10.4. The summed E-state index contributed by atoms with van der Waals surface area (Å²) in [6, 6.07) is 11.7. The molecule has 0 radical (unpaired) electrons. The number of sulfonamides is 1. The number of rotatable bonds is 6. The van der Waals surface area contributed by atoms with Gasteiger partial charge in [-0.1, -0.05) is 35.3 Å². The van der Waals surface area contributed by atoms with E-state index >= 15 is 0 Å². The van der Waals surface area contributed by atoms with Gasteiger partial charge in [-0.15, -0.1) is 0 Å². The van der Waals surface area contributed by atoms with Crippen molar-refractivity contribution >= 4 is 33.2 Å². The molecule has 2 aromatic rings. The Morgan fingerprint density at radius 2 is 1.73 bits per heavy atom. The summed E-state index contributed by atoms with van der Waals surface area (Å²) in [6.45, 7) is 0.287. The van der Waals surface area contributed by atoms with Crippen LogP contribution in [0.25, 0.3) is 0 Å².